The van der Waals surface area contributed by atoms with Crippen molar-refractivity contribution in [3.8, 4) is 0 Å². The minimum absolute atomic E-state index is 0.312. The Morgan fingerprint density at radius 3 is 2.02 bits per heavy atom. The normalized spacial score (nSPS) is 22.3. The first kappa shape index (κ1) is 30.6. The zero-order chi connectivity index (χ0) is 31.3. The van der Waals surface area contributed by atoms with Crippen molar-refractivity contribution in [3.05, 3.63) is 84.4 Å². The smallest absolute Gasteiger partial charge is 0.353 e. The van der Waals surface area contributed by atoms with Crippen LogP contribution >= 0.6 is 0 Å². The summed E-state index contributed by atoms with van der Waals surface area (Å²) in [6, 6.07) is 19.7. The van der Waals surface area contributed by atoms with Gasteiger partial charge in [0.05, 0.1) is 23.9 Å². The number of carboxylic acids is 1. The van der Waals surface area contributed by atoms with Gasteiger partial charge < -0.3 is 19.5 Å². The van der Waals surface area contributed by atoms with Crippen molar-refractivity contribution in [3.63, 3.8) is 0 Å². The van der Waals surface area contributed by atoms with E-state index in [1.54, 1.807) is 19.3 Å². The van der Waals surface area contributed by atoms with Gasteiger partial charge in [0.1, 0.15) is 11.4 Å². The van der Waals surface area contributed by atoms with E-state index >= 15 is 0 Å². The van der Waals surface area contributed by atoms with Gasteiger partial charge in [-0.2, -0.15) is 0 Å². The first-order chi connectivity index (χ1) is 21.3. The fourth-order valence-corrected chi connectivity index (χ4v) is 5.84. The molecule has 4 aromatic rings. The number of oxime groups is 2. The quantitative estimate of drug-likeness (QED) is 0.234. The maximum Gasteiger partial charge on any atom is 0.353 e. The standard InChI is InChI=1S/2C17H18N2O3/c1-3-17(16(20)21-4-2)11-14(19-22-17)15-13-8-6-5-7-12(13)9-10-18-15;1-3-13-15(19-22-17(13,4-2)16(20)21)14-12-8-6-5-7-11(12)9-10-18-14/h5-10H,3-4,11H2,1-2H3;5-10,13H,3-4H2,1-2H3,(H,20,21). The van der Waals surface area contributed by atoms with Gasteiger partial charge in [0, 0.05) is 29.6 Å². The number of hydrogen-bond donors (Lipinski definition) is 1. The fourth-order valence-electron chi connectivity index (χ4n) is 5.84. The fraction of sp³-hybridized carbons (Fsp3) is 0.353. The van der Waals surface area contributed by atoms with E-state index in [9.17, 15) is 14.7 Å². The van der Waals surface area contributed by atoms with Crippen molar-refractivity contribution < 1.29 is 29.1 Å². The summed E-state index contributed by atoms with van der Waals surface area (Å²) in [5.74, 6) is -1.65. The summed E-state index contributed by atoms with van der Waals surface area (Å²) in [5.41, 5.74) is 0.474. The number of carboxylic acid groups (broad SMARTS) is 1. The predicted molar refractivity (Wildman–Crippen MR) is 167 cm³/mol. The Morgan fingerprint density at radius 2 is 1.45 bits per heavy atom. The molecule has 2 aliphatic heterocycles. The molecule has 3 atom stereocenters. The molecule has 0 saturated carbocycles. The molecule has 1 N–H and O–H groups in total. The lowest BCUT2D eigenvalue weighted by atomic mass is 9.79. The minimum atomic E-state index is -1.29. The first-order valence-electron chi connectivity index (χ1n) is 14.9. The summed E-state index contributed by atoms with van der Waals surface area (Å²) in [6.45, 7) is 7.76. The highest BCUT2D eigenvalue weighted by Gasteiger charge is 2.54. The lowest BCUT2D eigenvalue weighted by Crippen LogP contribution is -2.46. The Bertz CT molecular complexity index is 1740. The molecule has 10 heteroatoms. The average molecular weight is 597 g/mol. The summed E-state index contributed by atoms with van der Waals surface area (Å²) in [6.07, 6.45) is 5.34. The van der Waals surface area contributed by atoms with Gasteiger partial charge in [-0.3, -0.25) is 9.97 Å². The van der Waals surface area contributed by atoms with Crippen molar-refractivity contribution in [2.45, 2.75) is 64.6 Å². The second-order valence-corrected chi connectivity index (χ2v) is 10.7. The molecule has 2 aliphatic rings. The van der Waals surface area contributed by atoms with E-state index in [1.165, 1.54) is 0 Å². The molecule has 0 spiro atoms. The Morgan fingerprint density at radius 1 is 0.841 bits per heavy atom. The van der Waals surface area contributed by atoms with Gasteiger partial charge in [-0.05, 0) is 49.1 Å². The largest absolute Gasteiger partial charge is 0.478 e. The van der Waals surface area contributed by atoms with Gasteiger partial charge >= 0.3 is 11.9 Å². The molecular weight excluding hydrogens is 560 g/mol. The van der Waals surface area contributed by atoms with E-state index in [0.717, 1.165) is 27.2 Å². The summed E-state index contributed by atoms with van der Waals surface area (Å²) < 4.78 is 5.13. The summed E-state index contributed by atoms with van der Waals surface area (Å²) in [5, 5.41) is 22.0. The molecule has 0 radical (unpaired) electrons. The molecule has 44 heavy (non-hydrogen) atoms. The summed E-state index contributed by atoms with van der Waals surface area (Å²) in [7, 11) is 0. The number of carbonyl (C=O) groups is 2. The molecule has 0 amide bonds. The van der Waals surface area contributed by atoms with Crippen LogP contribution in [-0.2, 0) is 24.0 Å². The van der Waals surface area contributed by atoms with E-state index in [4.69, 9.17) is 14.4 Å². The Labute approximate surface area is 255 Å². The molecule has 10 nitrogen and oxygen atoms in total. The highest BCUT2D eigenvalue weighted by molar-refractivity contribution is 6.13. The van der Waals surface area contributed by atoms with Crippen LogP contribution in [0.25, 0.3) is 21.5 Å². The molecule has 0 aliphatic carbocycles. The zero-order valence-corrected chi connectivity index (χ0v) is 25.3. The lowest BCUT2D eigenvalue weighted by Gasteiger charge is -2.27. The van der Waals surface area contributed by atoms with Gasteiger partial charge in [-0.15, -0.1) is 0 Å². The average Bonchev–Trinajstić information content (AvgIpc) is 3.68. The number of rotatable bonds is 8. The summed E-state index contributed by atoms with van der Waals surface area (Å²) in [4.78, 5) is 43.7. The monoisotopic (exact) mass is 596 g/mol. The van der Waals surface area contributed by atoms with Gasteiger partial charge in [0.15, 0.2) is 0 Å². The third kappa shape index (κ3) is 5.36. The molecule has 0 bridgehead atoms. The number of aromatic nitrogens is 2. The molecular formula is C34H36N4O6. The van der Waals surface area contributed by atoms with E-state index in [0.29, 0.717) is 49.4 Å². The van der Waals surface area contributed by atoms with Crippen molar-refractivity contribution in [1.29, 1.82) is 0 Å². The van der Waals surface area contributed by atoms with Crippen LogP contribution in [-0.4, -0.2) is 56.2 Å². The molecule has 2 aromatic heterocycles. The number of nitrogens with zero attached hydrogens (tertiary/aromatic N) is 4. The van der Waals surface area contributed by atoms with Crippen LogP contribution in [0.2, 0.25) is 0 Å². The third-order valence-electron chi connectivity index (χ3n) is 8.36. The maximum absolute atomic E-state index is 12.2. The minimum Gasteiger partial charge on any atom is -0.478 e. The Hall–Kier alpha value is -4.86. The second kappa shape index (κ2) is 12.8. The molecule has 6 rings (SSSR count). The lowest BCUT2D eigenvalue weighted by molar-refractivity contribution is -0.169. The van der Waals surface area contributed by atoms with Crippen LogP contribution in [0.4, 0.5) is 0 Å². The van der Waals surface area contributed by atoms with E-state index in [-0.39, 0.29) is 11.9 Å². The molecule has 0 fully saturated rings. The van der Waals surface area contributed by atoms with Crippen LogP contribution in [0, 0.1) is 5.92 Å². The number of pyridine rings is 2. The Kier molecular flexibility index (Phi) is 8.89. The number of esters is 1. The van der Waals surface area contributed by atoms with E-state index in [2.05, 4.69) is 20.3 Å². The number of benzene rings is 2. The molecule has 228 valence electrons. The van der Waals surface area contributed by atoms with Crippen molar-refractivity contribution in [2.24, 2.45) is 16.2 Å². The second-order valence-electron chi connectivity index (χ2n) is 10.7. The molecule has 2 aromatic carbocycles. The highest BCUT2D eigenvalue weighted by atomic mass is 16.7. The molecule has 0 saturated heterocycles. The third-order valence-corrected chi connectivity index (χ3v) is 8.36. The number of hydrogen-bond acceptors (Lipinski definition) is 9. The number of carbonyl (C=O) groups excluding carboxylic acids is 1. The zero-order valence-electron chi connectivity index (χ0n) is 25.3. The molecule has 4 heterocycles. The topological polar surface area (TPSA) is 133 Å². The van der Waals surface area contributed by atoms with Gasteiger partial charge in [-0.1, -0.05) is 79.6 Å². The Balaban J connectivity index is 0.000000175. The number of ether oxygens (including phenoxy) is 1. The van der Waals surface area contributed by atoms with Crippen molar-refractivity contribution in [2.75, 3.05) is 6.61 Å². The SMILES string of the molecule is CCC1C(c2nccc3ccccc23)=NOC1(CC)C(=O)O.CCOC(=O)C1(CC)CC(c2nccc3ccccc23)=NO1. The van der Waals surface area contributed by atoms with Crippen LogP contribution in [0.1, 0.15) is 64.8 Å². The van der Waals surface area contributed by atoms with Crippen LogP contribution < -0.4 is 0 Å². The van der Waals surface area contributed by atoms with Crippen molar-refractivity contribution in [1.82, 2.24) is 9.97 Å². The van der Waals surface area contributed by atoms with Crippen LogP contribution in [0.5, 0.6) is 0 Å². The van der Waals surface area contributed by atoms with E-state index < -0.39 is 17.2 Å². The number of fused-ring (bicyclic) bond motifs is 2. The first-order valence-corrected chi connectivity index (χ1v) is 14.9. The van der Waals surface area contributed by atoms with Crippen LogP contribution in [0.3, 0.4) is 0 Å². The van der Waals surface area contributed by atoms with Crippen molar-refractivity contribution >= 4 is 44.9 Å². The van der Waals surface area contributed by atoms with E-state index in [1.807, 2.05) is 81.4 Å². The van der Waals surface area contributed by atoms with Gasteiger partial charge in [0.25, 0.3) is 0 Å². The highest BCUT2D eigenvalue weighted by Crippen LogP contribution is 2.39. The van der Waals surface area contributed by atoms with Crippen LogP contribution in [0.15, 0.2) is 83.4 Å². The maximum atomic E-state index is 12.2. The summed E-state index contributed by atoms with van der Waals surface area (Å²) >= 11 is 0. The number of aliphatic carboxylic acids is 1. The van der Waals surface area contributed by atoms with Gasteiger partial charge in [-0.25, -0.2) is 9.59 Å². The molecule has 3 unspecified atom stereocenters. The predicted octanol–water partition coefficient (Wildman–Crippen LogP) is 6.30. The van der Waals surface area contributed by atoms with Gasteiger partial charge in [0.2, 0.25) is 11.2 Å².